The number of carbonyl (C=O) groups is 1. The van der Waals surface area contributed by atoms with Crippen molar-refractivity contribution in [2.75, 3.05) is 4.90 Å². The predicted octanol–water partition coefficient (Wildman–Crippen LogP) is 4.40. The molecule has 2 aromatic rings. The molecule has 2 aliphatic rings. The summed E-state index contributed by atoms with van der Waals surface area (Å²) in [5.41, 5.74) is 7.97. The zero-order valence-electron chi connectivity index (χ0n) is 12.1. The zero-order chi connectivity index (χ0) is 16.1. The lowest BCUT2D eigenvalue weighted by Crippen LogP contribution is -2.48. The van der Waals surface area contributed by atoms with Crippen LogP contribution >= 0.6 is 27.5 Å². The summed E-state index contributed by atoms with van der Waals surface area (Å²) in [6, 6.07) is 10.7. The van der Waals surface area contributed by atoms with E-state index in [1.807, 2.05) is 18.2 Å². The molecule has 0 spiro atoms. The van der Waals surface area contributed by atoms with Gasteiger partial charge in [-0.05, 0) is 36.8 Å². The zero-order valence-corrected chi connectivity index (χ0v) is 14.5. The number of rotatable bonds is 0. The molecule has 4 rings (SSSR count). The number of benzene rings is 2. The van der Waals surface area contributed by atoms with Crippen LogP contribution in [0.1, 0.15) is 24.4 Å². The van der Waals surface area contributed by atoms with Gasteiger partial charge in [-0.25, -0.2) is 0 Å². The van der Waals surface area contributed by atoms with E-state index < -0.39 is 0 Å². The summed E-state index contributed by atoms with van der Waals surface area (Å²) in [7, 11) is 0. The second kappa shape index (κ2) is 5.51. The molecule has 0 radical (unpaired) electrons. The monoisotopic (exact) mass is 392 g/mol. The van der Waals surface area contributed by atoms with Gasteiger partial charge < -0.3 is 10.5 Å². The lowest BCUT2D eigenvalue weighted by Gasteiger charge is -2.38. The van der Waals surface area contributed by atoms with Crippen molar-refractivity contribution < 1.29 is 9.53 Å². The minimum atomic E-state index is -0.251. The first-order valence-electron chi connectivity index (χ1n) is 7.39. The fourth-order valence-corrected chi connectivity index (χ4v) is 3.80. The van der Waals surface area contributed by atoms with Gasteiger partial charge in [0.2, 0.25) is 5.91 Å². The molecular weight excluding hydrogens is 380 g/mol. The molecule has 6 heteroatoms. The van der Waals surface area contributed by atoms with Crippen molar-refractivity contribution in [1.82, 2.24) is 0 Å². The number of ether oxygens (including phenoxy) is 1. The molecule has 2 heterocycles. The minimum absolute atomic E-state index is 0.0413. The summed E-state index contributed by atoms with van der Waals surface area (Å²) in [6.45, 7) is 0. The van der Waals surface area contributed by atoms with Crippen LogP contribution in [0.3, 0.4) is 0 Å². The first kappa shape index (κ1) is 15.0. The Labute approximate surface area is 147 Å². The molecule has 0 saturated carbocycles. The van der Waals surface area contributed by atoms with Crippen molar-refractivity contribution in [2.24, 2.45) is 5.73 Å². The summed E-state index contributed by atoms with van der Waals surface area (Å²) in [6.07, 6.45) is 1.08. The lowest BCUT2D eigenvalue weighted by molar-refractivity contribution is -0.120. The van der Waals surface area contributed by atoms with E-state index in [-0.39, 0.29) is 18.0 Å². The third kappa shape index (κ3) is 2.43. The molecule has 4 nitrogen and oxygen atoms in total. The van der Waals surface area contributed by atoms with Crippen LogP contribution in [0.5, 0.6) is 11.5 Å². The largest absolute Gasteiger partial charge is 0.455 e. The van der Waals surface area contributed by atoms with Crippen LogP contribution in [0.15, 0.2) is 40.9 Å². The maximum absolute atomic E-state index is 12.6. The summed E-state index contributed by atoms with van der Waals surface area (Å²) >= 11 is 9.62. The van der Waals surface area contributed by atoms with Gasteiger partial charge in [-0.1, -0.05) is 33.6 Å². The molecule has 1 amide bonds. The highest BCUT2D eigenvalue weighted by Crippen LogP contribution is 2.48. The van der Waals surface area contributed by atoms with Crippen LogP contribution in [0.4, 0.5) is 5.69 Å². The minimum Gasteiger partial charge on any atom is -0.455 e. The molecule has 118 valence electrons. The van der Waals surface area contributed by atoms with Crippen molar-refractivity contribution in [3.8, 4) is 11.5 Å². The molecule has 0 aromatic heterocycles. The van der Waals surface area contributed by atoms with E-state index in [1.165, 1.54) is 0 Å². The summed E-state index contributed by atoms with van der Waals surface area (Å²) < 4.78 is 7.00. The van der Waals surface area contributed by atoms with E-state index >= 15 is 0 Å². The number of piperidine rings is 1. The Kier molecular flexibility index (Phi) is 3.59. The quantitative estimate of drug-likeness (QED) is 0.721. The highest BCUT2D eigenvalue weighted by atomic mass is 79.9. The number of carbonyl (C=O) groups excluding carboxylic acids is 1. The molecule has 23 heavy (non-hydrogen) atoms. The van der Waals surface area contributed by atoms with Crippen molar-refractivity contribution in [3.05, 3.63) is 51.5 Å². The number of hydrogen-bond acceptors (Lipinski definition) is 3. The Bertz CT molecular complexity index is 811. The highest BCUT2D eigenvalue weighted by molar-refractivity contribution is 9.10. The number of nitrogens with two attached hydrogens (primary N) is 1. The second-order valence-corrected chi connectivity index (χ2v) is 7.16. The van der Waals surface area contributed by atoms with Gasteiger partial charge in [-0.3, -0.25) is 9.69 Å². The lowest BCUT2D eigenvalue weighted by atomic mass is 9.90. The standard InChI is InChI=1S/C17H14BrClN2O2/c18-9-1-3-11-15(7-9)23-14-5-2-10(19)8-13(14)21-16(22)6-4-12(20)17(11)21/h1-3,5,7-8,12,17H,4,6,20H2/t12-,17+/m1/s1. The molecule has 0 bridgehead atoms. The average molecular weight is 394 g/mol. The van der Waals surface area contributed by atoms with Crippen LogP contribution in [0.25, 0.3) is 0 Å². The average Bonchev–Trinajstić information content (AvgIpc) is 2.65. The predicted molar refractivity (Wildman–Crippen MR) is 93.1 cm³/mol. The first-order chi connectivity index (χ1) is 11.0. The summed E-state index contributed by atoms with van der Waals surface area (Å²) in [5, 5.41) is 0.560. The maximum Gasteiger partial charge on any atom is 0.227 e. The SMILES string of the molecule is N[C@@H]1CCC(=O)N2c3cc(Cl)ccc3Oc3cc(Br)ccc3[C@@H]12. The molecule has 0 unspecified atom stereocenters. The molecule has 2 aliphatic heterocycles. The number of fused-ring (bicyclic) bond motifs is 5. The summed E-state index contributed by atoms with van der Waals surface area (Å²) in [5.74, 6) is 1.36. The van der Waals surface area contributed by atoms with Gasteiger partial charge in [-0.15, -0.1) is 0 Å². The topological polar surface area (TPSA) is 55.6 Å². The van der Waals surface area contributed by atoms with Gasteiger partial charge in [0.1, 0.15) is 5.75 Å². The third-order valence-corrected chi connectivity index (χ3v) is 5.07. The Morgan fingerprint density at radius 1 is 1.22 bits per heavy atom. The van der Waals surface area contributed by atoms with Crippen LogP contribution in [0.2, 0.25) is 5.02 Å². The van der Waals surface area contributed by atoms with Crippen LogP contribution in [-0.2, 0) is 4.79 Å². The Morgan fingerprint density at radius 3 is 2.87 bits per heavy atom. The van der Waals surface area contributed by atoms with E-state index in [1.54, 1.807) is 23.1 Å². The van der Waals surface area contributed by atoms with Crippen LogP contribution in [-0.4, -0.2) is 11.9 Å². The van der Waals surface area contributed by atoms with E-state index in [0.29, 0.717) is 35.1 Å². The van der Waals surface area contributed by atoms with Gasteiger partial charge in [0.15, 0.2) is 5.75 Å². The molecular formula is C17H14BrClN2O2. The van der Waals surface area contributed by atoms with Gasteiger partial charge in [0, 0.05) is 27.5 Å². The van der Waals surface area contributed by atoms with Gasteiger partial charge in [0.05, 0.1) is 11.7 Å². The van der Waals surface area contributed by atoms with Gasteiger partial charge >= 0.3 is 0 Å². The molecule has 2 atom stereocenters. The number of hydrogen-bond donors (Lipinski definition) is 1. The fourth-order valence-electron chi connectivity index (χ4n) is 3.29. The molecule has 0 aliphatic carbocycles. The number of nitrogens with zero attached hydrogens (tertiary/aromatic N) is 1. The maximum atomic E-state index is 12.6. The molecule has 1 fully saturated rings. The molecule has 1 saturated heterocycles. The van der Waals surface area contributed by atoms with Crippen molar-refractivity contribution in [3.63, 3.8) is 0 Å². The van der Waals surface area contributed by atoms with Crippen LogP contribution in [0, 0.1) is 0 Å². The van der Waals surface area contributed by atoms with E-state index in [4.69, 9.17) is 22.1 Å². The van der Waals surface area contributed by atoms with Gasteiger partial charge in [-0.2, -0.15) is 0 Å². The number of amides is 1. The van der Waals surface area contributed by atoms with Crippen LogP contribution < -0.4 is 15.4 Å². The smallest absolute Gasteiger partial charge is 0.227 e. The fraction of sp³-hybridized carbons (Fsp3) is 0.235. The Morgan fingerprint density at radius 2 is 2.04 bits per heavy atom. The van der Waals surface area contributed by atoms with Gasteiger partial charge in [0.25, 0.3) is 0 Å². The van der Waals surface area contributed by atoms with Crippen molar-refractivity contribution >= 4 is 39.1 Å². The summed E-state index contributed by atoms with van der Waals surface area (Å²) in [4.78, 5) is 14.4. The van der Waals surface area contributed by atoms with Crippen molar-refractivity contribution in [1.29, 1.82) is 0 Å². The Balaban J connectivity index is 1.99. The molecule has 2 N–H and O–H groups in total. The molecule has 2 aromatic carbocycles. The van der Waals surface area contributed by atoms with Crippen molar-refractivity contribution in [2.45, 2.75) is 24.9 Å². The normalized spacial score (nSPS) is 22.6. The number of halogens is 2. The van der Waals surface area contributed by atoms with E-state index in [0.717, 1.165) is 10.0 Å². The van der Waals surface area contributed by atoms with E-state index in [2.05, 4.69) is 15.9 Å². The first-order valence-corrected chi connectivity index (χ1v) is 8.56. The second-order valence-electron chi connectivity index (χ2n) is 5.81. The number of anilines is 1. The third-order valence-electron chi connectivity index (χ3n) is 4.34. The Hall–Kier alpha value is -1.56. The van der Waals surface area contributed by atoms with E-state index in [9.17, 15) is 4.79 Å². The highest BCUT2D eigenvalue weighted by Gasteiger charge is 2.40.